The van der Waals surface area contributed by atoms with Gasteiger partial charge in [-0.2, -0.15) is 0 Å². The van der Waals surface area contributed by atoms with Gasteiger partial charge in [0.2, 0.25) is 10.0 Å². The van der Waals surface area contributed by atoms with E-state index in [1.54, 1.807) is 28.8 Å². The number of hydrogen-bond acceptors (Lipinski definition) is 5. The zero-order chi connectivity index (χ0) is 24.9. The van der Waals surface area contributed by atoms with E-state index in [0.29, 0.717) is 41.9 Å². The van der Waals surface area contributed by atoms with Crippen molar-refractivity contribution in [2.24, 2.45) is 0 Å². The van der Waals surface area contributed by atoms with E-state index in [-0.39, 0.29) is 5.82 Å². The number of likely N-dealkylation sites (tertiary alicyclic amines) is 1. The van der Waals surface area contributed by atoms with Crippen LogP contribution in [0.5, 0.6) is 0 Å². The first-order chi connectivity index (χ1) is 17.4. The Hall–Kier alpha value is -3.17. The Bertz CT molecular complexity index is 1490. The minimum Gasteiger partial charge on any atom is -0.455 e. The molecule has 0 bridgehead atoms. The topological polar surface area (TPSA) is 82.4 Å². The SMILES string of the molecule is CS(=O)(=O)N(CCN1CCCC1)c1cc2oc(-c3ccc(F)cc3)c(-c3ncc[nH]3)c2cc1C1CC1. The van der Waals surface area contributed by atoms with Crippen LogP contribution < -0.4 is 4.31 Å². The molecule has 1 aliphatic carbocycles. The van der Waals surface area contributed by atoms with Gasteiger partial charge in [0, 0.05) is 42.5 Å². The lowest BCUT2D eigenvalue weighted by atomic mass is 10.0. The molecule has 0 unspecified atom stereocenters. The summed E-state index contributed by atoms with van der Waals surface area (Å²) in [4.78, 5) is 9.97. The zero-order valence-electron chi connectivity index (χ0n) is 20.2. The summed E-state index contributed by atoms with van der Waals surface area (Å²) < 4.78 is 47.6. The van der Waals surface area contributed by atoms with Crippen molar-refractivity contribution in [3.8, 4) is 22.7 Å². The largest absolute Gasteiger partial charge is 0.455 e. The number of imidazole rings is 1. The molecular weight excluding hydrogens is 479 g/mol. The number of hydrogen-bond donors (Lipinski definition) is 1. The molecule has 4 aromatic rings. The van der Waals surface area contributed by atoms with Crippen molar-refractivity contribution < 1.29 is 17.2 Å². The van der Waals surface area contributed by atoms with Crippen LogP contribution in [0.2, 0.25) is 0 Å². The van der Waals surface area contributed by atoms with Gasteiger partial charge in [0.15, 0.2) is 0 Å². The van der Waals surface area contributed by atoms with Crippen molar-refractivity contribution in [3.05, 3.63) is 60.2 Å². The molecule has 2 aromatic heterocycles. The van der Waals surface area contributed by atoms with Crippen LogP contribution in [-0.2, 0) is 10.0 Å². The number of benzene rings is 2. The summed E-state index contributed by atoms with van der Waals surface area (Å²) >= 11 is 0. The third kappa shape index (κ3) is 4.41. The Morgan fingerprint density at radius 3 is 2.56 bits per heavy atom. The van der Waals surface area contributed by atoms with E-state index in [0.717, 1.165) is 60.8 Å². The highest BCUT2D eigenvalue weighted by Gasteiger charge is 2.33. The predicted molar refractivity (Wildman–Crippen MR) is 139 cm³/mol. The molecule has 0 amide bonds. The maximum Gasteiger partial charge on any atom is 0.232 e. The molecule has 1 saturated heterocycles. The number of rotatable bonds is 8. The average Bonchev–Trinajstić information content (AvgIpc) is 3.22. The molecule has 0 atom stereocenters. The summed E-state index contributed by atoms with van der Waals surface area (Å²) in [6.07, 6.45) is 9.09. The maximum absolute atomic E-state index is 13.7. The highest BCUT2D eigenvalue weighted by molar-refractivity contribution is 7.92. The van der Waals surface area contributed by atoms with Crippen LogP contribution >= 0.6 is 0 Å². The van der Waals surface area contributed by atoms with Crippen LogP contribution in [0, 0.1) is 5.82 Å². The molecule has 36 heavy (non-hydrogen) atoms. The predicted octanol–water partition coefficient (Wildman–Crippen LogP) is 5.37. The number of sulfonamides is 1. The van der Waals surface area contributed by atoms with E-state index in [4.69, 9.17) is 4.42 Å². The van der Waals surface area contributed by atoms with Crippen LogP contribution in [-0.4, -0.2) is 55.7 Å². The fourth-order valence-electron chi connectivity index (χ4n) is 5.23. The van der Waals surface area contributed by atoms with Crippen molar-refractivity contribution in [2.45, 2.75) is 31.6 Å². The smallest absolute Gasteiger partial charge is 0.232 e. The van der Waals surface area contributed by atoms with E-state index < -0.39 is 10.0 Å². The normalized spacial score (nSPS) is 16.7. The van der Waals surface area contributed by atoms with E-state index >= 15 is 0 Å². The molecule has 2 aliphatic rings. The van der Waals surface area contributed by atoms with E-state index in [9.17, 15) is 12.8 Å². The van der Waals surface area contributed by atoms with Gasteiger partial charge in [-0.1, -0.05) is 0 Å². The summed E-state index contributed by atoms with van der Waals surface area (Å²) in [6.45, 7) is 3.13. The maximum atomic E-state index is 13.7. The molecule has 1 aliphatic heterocycles. The number of furan rings is 1. The molecule has 9 heteroatoms. The number of nitrogens with one attached hydrogen (secondary N) is 1. The Balaban J connectivity index is 1.52. The van der Waals surface area contributed by atoms with Crippen LogP contribution in [0.25, 0.3) is 33.7 Å². The van der Waals surface area contributed by atoms with Gasteiger partial charge >= 0.3 is 0 Å². The van der Waals surface area contributed by atoms with Gasteiger partial charge in [0.05, 0.1) is 17.5 Å². The monoisotopic (exact) mass is 508 g/mol. The number of halogens is 1. The Morgan fingerprint density at radius 2 is 1.92 bits per heavy atom. The fourth-order valence-corrected chi connectivity index (χ4v) is 6.16. The fraction of sp³-hybridized carbons (Fsp3) is 0.370. The van der Waals surface area contributed by atoms with Crippen molar-refractivity contribution in [3.63, 3.8) is 0 Å². The average molecular weight is 509 g/mol. The van der Waals surface area contributed by atoms with Crippen molar-refractivity contribution in [2.75, 3.05) is 36.7 Å². The molecule has 188 valence electrons. The number of anilines is 1. The van der Waals surface area contributed by atoms with E-state index in [1.807, 2.05) is 6.07 Å². The van der Waals surface area contributed by atoms with Crippen LogP contribution in [0.1, 0.15) is 37.2 Å². The minimum absolute atomic E-state index is 0.314. The lowest BCUT2D eigenvalue weighted by Crippen LogP contribution is -2.37. The first-order valence-electron chi connectivity index (χ1n) is 12.4. The molecule has 0 radical (unpaired) electrons. The lowest BCUT2D eigenvalue weighted by molar-refractivity contribution is 0.349. The van der Waals surface area contributed by atoms with Crippen LogP contribution in [0.4, 0.5) is 10.1 Å². The summed E-state index contributed by atoms with van der Waals surface area (Å²) in [7, 11) is -3.51. The first kappa shape index (κ1) is 23.2. The summed E-state index contributed by atoms with van der Waals surface area (Å²) in [5.41, 5.74) is 3.81. The minimum atomic E-state index is -3.51. The van der Waals surface area contributed by atoms with Gasteiger partial charge in [-0.05, 0) is 80.6 Å². The number of fused-ring (bicyclic) bond motifs is 1. The van der Waals surface area contributed by atoms with Gasteiger partial charge in [0.1, 0.15) is 23.0 Å². The summed E-state index contributed by atoms with van der Waals surface area (Å²) in [5.74, 6) is 1.21. The summed E-state index contributed by atoms with van der Waals surface area (Å²) in [5, 5.41) is 0.864. The molecule has 7 nitrogen and oxygen atoms in total. The van der Waals surface area contributed by atoms with E-state index in [2.05, 4.69) is 20.9 Å². The number of nitrogens with zero attached hydrogens (tertiary/aromatic N) is 3. The van der Waals surface area contributed by atoms with Crippen LogP contribution in [0.15, 0.2) is 53.2 Å². The molecule has 1 saturated carbocycles. The summed E-state index contributed by atoms with van der Waals surface area (Å²) in [6, 6.07) is 10.1. The Labute approximate surface area is 210 Å². The van der Waals surface area contributed by atoms with Crippen molar-refractivity contribution >= 4 is 26.7 Å². The Morgan fingerprint density at radius 1 is 1.17 bits per heavy atom. The second kappa shape index (κ2) is 9.05. The van der Waals surface area contributed by atoms with Gasteiger partial charge in [0.25, 0.3) is 0 Å². The second-order valence-corrected chi connectivity index (χ2v) is 11.7. The highest BCUT2D eigenvalue weighted by atomic mass is 32.2. The molecule has 6 rings (SSSR count). The highest BCUT2D eigenvalue weighted by Crippen LogP contribution is 2.49. The third-order valence-corrected chi connectivity index (χ3v) is 8.36. The quantitative estimate of drug-likeness (QED) is 0.346. The number of H-pyrrole nitrogens is 1. The lowest BCUT2D eigenvalue weighted by Gasteiger charge is -2.27. The standard InChI is InChI=1S/C27H29FN4O3S/c1-36(33,34)32(15-14-31-12-2-3-13-31)23-17-24-22(16-21(23)18-4-5-18)25(27-29-10-11-30-27)26(35-24)19-6-8-20(28)9-7-19/h6-11,16-18H,2-5,12-15H2,1H3,(H,29,30). The number of aromatic amines is 1. The van der Waals surface area contributed by atoms with Gasteiger partial charge < -0.3 is 14.3 Å². The number of aromatic nitrogens is 2. The molecule has 0 spiro atoms. The molecule has 2 fully saturated rings. The molecule has 1 N–H and O–H groups in total. The second-order valence-electron chi connectivity index (χ2n) is 9.82. The van der Waals surface area contributed by atoms with Gasteiger partial charge in [-0.25, -0.2) is 17.8 Å². The zero-order valence-corrected chi connectivity index (χ0v) is 21.0. The van der Waals surface area contributed by atoms with Crippen LogP contribution in [0.3, 0.4) is 0 Å². The molecule has 2 aromatic carbocycles. The third-order valence-electron chi connectivity index (χ3n) is 7.18. The van der Waals surface area contributed by atoms with E-state index in [1.165, 1.54) is 18.4 Å². The van der Waals surface area contributed by atoms with Gasteiger partial charge in [-0.3, -0.25) is 4.31 Å². The Kier molecular flexibility index (Phi) is 5.84. The molecule has 3 heterocycles. The van der Waals surface area contributed by atoms with Crippen molar-refractivity contribution in [1.29, 1.82) is 0 Å². The van der Waals surface area contributed by atoms with Gasteiger partial charge in [-0.15, -0.1) is 0 Å². The molecular formula is C27H29FN4O3S. The van der Waals surface area contributed by atoms with Crippen molar-refractivity contribution in [1.82, 2.24) is 14.9 Å². The first-order valence-corrected chi connectivity index (χ1v) is 14.3.